The Morgan fingerprint density at radius 1 is 1.56 bits per heavy atom. The van der Waals surface area contributed by atoms with Crippen LogP contribution in [0.4, 0.5) is 0 Å². The van der Waals surface area contributed by atoms with E-state index in [1.165, 1.54) is 0 Å². The van der Waals surface area contributed by atoms with Crippen LogP contribution >= 0.6 is 0 Å². The van der Waals surface area contributed by atoms with Gasteiger partial charge in [0.05, 0.1) is 6.61 Å². The van der Waals surface area contributed by atoms with E-state index in [4.69, 9.17) is 5.73 Å². The molecule has 0 aromatic carbocycles. The normalized spacial score (nSPS) is 9.00. The molecule has 0 atom stereocenters. The molecular weight excluding hydrogens is 124 g/mol. The summed E-state index contributed by atoms with van der Waals surface area (Å²) in [5.41, 5.74) is 5.12. The molecule has 0 aliphatic carbocycles. The fraction of sp³-hybridized carbons (Fsp3) is 1.00. The molecule has 0 saturated heterocycles. The summed E-state index contributed by atoms with van der Waals surface area (Å²) in [7, 11) is 0. The summed E-state index contributed by atoms with van der Waals surface area (Å²) in [4.78, 5) is 13.5. The van der Waals surface area contributed by atoms with Crippen LogP contribution in [0, 0.1) is 10.1 Å². The van der Waals surface area contributed by atoms with Gasteiger partial charge in [-0.15, -0.1) is 10.1 Å². The third-order valence-electron chi connectivity index (χ3n) is 0.795. The predicted molar refractivity (Wildman–Crippen MR) is 31.2 cm³/mol. The first kappa shape index (κ1) is 8.16. The minimum atomic E-state index is -0.795. The summed E-state index contributed by atoms with van der Waals surface area (Å²) in [6.07, 6.45) is 1.42. The lowest BCUT2D eigenvalue weighted by atomic mass is 10.3. The van der Waals surface area contributed by atoms with E-state index in [2.05, 4.69) is 4.84 Å². The second-order valence-corrected chi connectivity index (χ2v) is 1.55. The van der Waals surface area contributed by atoms with Gasteiger partial charge in [0.15, 0.2) is 0 Å². The molecule has 0 amide bonds. The molecule has 0 fully saturated rings. The van der Waals surface area contributed by atoms with E-state index in [0.29, 0.717) is 13.0 Å². The Bertz CT molecular complexity index is 85.9. The molecule has 0 saturated carbocycles. The molecule has 0 aromatic rings. The number of rotatable bonds is 5. The Kier molecular flexibility index (Phi) is 4.81. The van der Waals surface area contributed by atoms with E-state index in [9.17, 15) is 10.1 Å². The minimum Gasteiger partial charge on any atom is -0.330 e. The maximum Gasteiger partial charge on any atom is 0.294 e. The maximum absolute atomic E-state index is 9.51. The van der Waals surface area contributed by atoms with Gasteiger partial charge in [0.25, 0.3) is 5.09 Å². The zero-order chi connectivity index (χ0) is 7.11. The van der Waals surface area contributed by atoms with E-state index < -0.39 is 5.09 Å². The summed E-state index contributed by atoms with van der Waals surface area (Å²) in [5, 5.41) is 8.72. The van der Waals surface area contributed by atoms with Crippen molar-refractivity contribution in [1.29, 1.82) is 0 Å². The van der Waals surface area contributed by atoms with Crippen molar-refractivity contribution < 1.29 is 9.92 Å². The van der Waals surface area contributed by atoms with Crippen molar-refractivity contribution in [2.45, 2.75) is 12.8 Å². The van der Waals surface area contributed by atoms with Crippen molar-refractivity contribution in [3.63, 3.8) is 0 Å². The van der Waals surface area contributed by atoms with Crippen LogP contribution in [0.25, 0.3) is 0 Å². The molecule has 0 aliphatic heterocycles. The van der Waals surface area contributed by atoms with Crippen molar-refractivity contribution in [2.75, 3.05) is 13.2 Å². The van der Waals surface area contributed by atoms with E-state index >= 15 is 0 Å². The first-order valence-electron chi connectivity index (χ1n) is 2.74. The lowest BCUT2D eigenvalue weighted by Crippen LogP contribution is -2.05. The number of hydrogen-bond acceptors (Lipinski definition) is 4. The van der Waals surface area contributed by atoms with Crippen LogP contribution < -0.4 is 5.73 Å². The Hall–Kier alpha value is -0.840. The highest BCUT2D eigenvalue weighted by Crippen LogP contribution is 1.86. The molecule has 0 rings (SSSR count). The minimum absolute atomic E-state index is 0.157. The average molecular weight is 134 g/mol. The molecule has 0 aliphatic rings. The molecule has 0 aromatic heterocycles. The molecule has 2 N–H and O–H groups in total. The van der Waals surface area contributed by atoms with Gasteiger partial charge in [0.2, 0.25) is 0 Å². The van der Waals surface area contributed by atoms with Crippen LogP contribution in [0.15, 0.2) is 0 Å². The molecule has 0 unspecified atom stereocenters. The van der Waals surface area contributed by atoms with Crippen LogP contribution in [0.3, 0.4) is 0 Å². The molecule has 9 heavy (non-hydrogen) atoms. The SMILES string of the molecule is NCCCCO[N+](=O)[O-]. The van der Waals surface area contributed by atoms with Gasteiger partial charge in [0, 0.05) is 0 Å². The summed E-state index contributed by atoms with van der Waals surface area (Å²) >= 11 is 0. The number of unbranched alkanes of at least 4 members (excludes halogenated alkanes) is 1. The van der Waals surface area contributed by atoms with Crippen LogP contribution in [0.5, 0.6) is 0 Å². The fourth-order valence-corrected chi connectivity index (χ4v) is 0.385. The predicted octanol–water partition coefficient (Wildman–Crippen LogP) is -0.0664. The monoisotopic (exact) mass is 134 g/mol. The molecule has 5 nitrogen and oxygen atoms in total. The second kappa shape index (κ2) is 5.30. The van der Waals surface area contributed by atoms with E-state index in [1.54, 1.807) is 0 Å². The second-order valence-electron chi connectivity index (χ2n) is 1.55. The number of nitrogens with two attached hydrogens (primary N) is 1. The fourth-order valence-electron chi connectivity index (χ4n) is 0.385. The summed E-state index contributed by atoms with van der Waals surface area (Å²) in [6, 6.07) is 0. The summed E-state index contributed by atoms with van der Waals surface area (Å²) < 4.78 is 0. The van der Waals surface area contributed by atoms with Crippen molar-refractivity contribution >= 4 is 0 Å². The van der Waals surface area contributed by atoms with Crippen molar-refractivity contribution in [2.24, 2.45) is 5.73 Å². The third kappa shape index (κ3) is 7.16. The zero-order valence-electron chi connectivity index (χ0n) is 5.08. The molecular formula is C4H10N2O3. The first-order valence-corrected chi connectivity index (χ1v) is 2.74. The summed E-state index contributed by atoms with van der Waals surface area (Å²) in [5.74, 6) is 0. The summed E-state index contributed by atoms with van der Waals surface area (Å²) in [6.45, 7) is 0.714. The van der Waals surface area contributed by atoms with E-state index in [-0.39, 0.29) is 6.61 Å². The maximum atomic E-state index is 9.51. The lowest BCUT2D eigenvalue weighted by Gasteiger charge is -1.94. The molecule has 54 valence electrons. The highest BCUT2D eigenvalue weighted by atomic mass is 16.9. The largest absolute Gasteiger partial charge is 0.330 e. The van der Waals surface area contributed by atoms with Crippen LogP contribution in [-0.4, -0.2) is 18.2 Å². The standard InChI is InChI=1S/C4H10N2O3/c5-3-1-2-4-9-6(7)8/h1-5H2. The molecule has 0 bridgehead atoms. The first-order chi connectivity index (χ1) is 4.27. The molecule has 0 heterocycles. The Morgan fingerprint density at radius 3 is 2.67 bits per heavy atom. The third-order valence-corrected chi connectivity index (χ3v) is 0.795. The van der Waals surface area contributed by atoms with Crippen LogP contribution in [0.1, 0.15) is 12.8 Å². The van der Waals surface area contributed by atoms with Crippen molar-refractivity contribution in [1.82, 2.24) is 0 Å². The van der Waals surface area contributed by atoms with Crippen LogP contribution in [-0.2, 0) is 4.84 Å². The number of nitrogens with zero attached hydrogens (tertiary/aromatic N) is 1. The van der Waals surface area contributed by atoms with E-state index in [0.717, 1.165) is 6.42 Å². The quantitative estimate of drug-likeness (QED) is 0.324. The highest BCUT2D eigenvalue weighted by Gasteiger charge is 1.91. The van der Waals surface area contributed by atoms with Gasteiger partial charge < -0.3 is 10.6 Å². The van der Waals surface area contributed by atoms with Gasteiger partial charge in [0.1, 0.15) is 0 Å². The molecule has 5 heteroatoms. The average Bonchev–Trinajstić information content (AvgIpc) is 1.80. The Morgan fingerprint density at radius 2 is 2.22 bits per heavy atom. The van der Waals surface area contributed by atoms with Crippen molar-refractivity contribution in [3.05, 3.63) is 10.1 Å². The van der Waals surface area contributed by atoms with Gasteiger partial charge in [-0.3, -0.25) is 0 Å². The Balaban J connectivity index is 2.83. The lowest BCUT2D eigenvalue weighted by molar-refractivity contribution is -0.757. The molecule has 0 spiro atoms. The van der Waals surface area contributed by atoms with Gasteiger partial charge in [-0.1, -0.05) is 0 Å². The van der Waals surface area contributed by atoms with Gasteiger partial charge in [-0.05, 0) is 19.4 Å². The van der Waals surface area contributed by atoms with Crippen molar-refractivity contribution in [3.8, 4) is 0 Å². The highest BCUT2D eigenvalue weighted by molar-refractivity contribution is 4.35. The number of hydrogen-bond donors (Lipinski definition) is 1. The van der Waals surface area contributed by atoms with Gasteiger partial charge >= 0.3 is 0 Å². The van der Waals surface area contributed by atoms with Gasteiger partial charge in [-0.2, -0.15) is 0 Å². The van der Waals surface area contributed by atoms with Crippen LogP contribution in [0.2, 0.25) is 0 Å². The molecule has 0 radical (unpaired) electrons. The zero-order valence-corrected chi connectivity index (χ0v) is 5.08. The smallest absolute Gasteiger partial charge is 0.294 e. The topological polar surface area (TPSA) is 78.4 Å². The van der Waals surface area contributed by atoms with Gasteiger partial charge in [-0.25, -0.2) is 0 Å². The Labute approximate surface area is 52.9 Å². The van der Waals surface area contributed by atoms with E-state index in [1.807, 2.05) is 0 Å².